The fourth-order valence-corrected chi connectivity index (χ4v) is 3.13. The van der Waals surface area contributed by atoms with Gasteiger partial charge in [0, 0.05) is 36.6 Å². The molecule has 1 aliphatic heterocycles. The van der Waals surface area contributed by atoms with Crippen LogP contribution < -0.4 is 4.90 Å². The van der Waals surface area contributed by atoms with Crippen molar-refractivity contribution in [3.8, 4) is 11.3 Å². The molecular formula is C19H16ClN5O. The minimum atomic E-state index is -0.124. The van der Waals surface area contributed by atoms with Gasteiger partial charge in [0.2, 0.25) is 5.91 Å². The van der Waals surface area contributed by atoms with Gasteiger partial charge in [-0.2, -0.15) is 0 Å². The molecule has 0 saturated carbocycles. The Hall–Kier alpha value is -2.86. The Morgan fingerprint density at radius 3 is 2.69 bits per heavy atom. The van der Waals surface area contributed by atoms with E-state index in [1.54, 1.807) is 29.3 Å². The van der Waals surface area contributed by atoms with Crippen LogP contribution in [0.1, 0.15) is 14.7 Å². The first-order chi connectivity index (χ1) is 13.5. The summed E-state index contributed by atoms with van der Waals surface area (Å²) in [4.78, 5) is 22.2. The van der Waals surface area contributed by atoms with Crippen molar-refractivity contribution in [2.75, 3.05) is 11.4 Å². The largest absolute Gasteiger partial charge is 0.295 e. The van der Waals surface area contributed by atoms with Gasteiger partial charge in [0.1, 0.15) is 5.15 Å². The van der Waals surface area contributed by atoms with E-state index in [1.165, 1.54) is 12.1 Å². The summed E-state index contributed by atoms with van der Waals surface area (Å²) in [6.07, 6.45) is 3.05. The second kappa shape index (κ2) is 7.17. The van der Waals surface area contributed by atoms with Gasteiger partial charge in [0.25, 0.3) is 0 Å². The maximum Gasteiger partial charge on any atom is 0.231 e. The molecule has 1 atom stereocenters. The fraction of sp³-hybridized carbons (Fsp3) is 0.211. The predicted octanol–water partition coefficient (Wildman–Crippen LogP) is 3.18. The Balaban J connectivity index is 1.48. The topological polar surface area (TPSA) is 71.9 Å². The maximum absolute atomic E-state index is 12.8. The summed E-state index contributed by atoms with van der Waals surface area (Å²) in [7, 11) is 0. The number of pyridine rings is 2. The molecule has 0 unspecified atom stereocenters. The maximum atomic E-state index is 12.8. The molecule has 1 saturated heterocycles. The van der Waals surface area contributed by atoms with Crippen LogP contribution in [0.25, 0.3) is 11.3 Å². The number of hydrogen-bond donors (Lipinski definition) is 0. The quantitative estimate of drug-likeness (QED) is 0.662. The molecule has 0 bridgehead atoms. The molecule has 0 N–H and O–H groups in total. The van der Waals surface area contributed by atoms with Gasteiger partial charge in [-0.25, -0.2) is 4.98 Å². The lowest BCUT2D eigenvalue weighted by Crippen LogP contribution is -2.28. The number of amides is 1. The van der Waals surface area contributed by atoms with Gasteiger partial charge in [-0.15, -0.1) is 10.2 Å². The lowest BCUT2D eigenvalue weighted by Gasteiger charge is -2.15. The van der Waals surface area contributed by atoms with Crippen LogP contribution in [0.3, 0.4) is 0 Å². The highest BCUT2D eigenvalue weighted by atomic mass is 35.5. The van der Waals surface area contributed by atoms with E-state index in [1.807, 2.05) is 6.07 Å². The molecule has 130 valence electrons. The Labute approximate surface area is 158 Å². The van der Waals surface area contributed by atoms with E-state index in [-0.39, 0.29) is 24.2 Å². The summed E-state index contributed by atoms with van der Waals surface area (Å²) in [6, 6.07) is 10.1. The van der Waals surface area contributed by atoms with Crippen LogP contribution in [0.15, 0.2) is 54.9 Å². The average molecular weight is 368 g/mol. The second-order valence-electron chi connectivity index (χ2n) is 6.06. The third-order valence-electron chi connectivity index (χ3n) is 4.38. The van der Waals surface area contributed by atoms with Crippen LogP contribution in [0.5, 0.6) is 0 Å². The van der Waals surface area contributed by atoms with Crippen molar-refractivity contribution in [1.82, 2.24) is 20.2 Å². The summed E-state index contributed by atoms with van der Waals surface area (Å²) in [5, 5.41) is 8.78. The standard InChI is InChI=1S/C19H16ClN5O/c20-17-3-1-13(12-22-17)11-15-7-10-25(19(15)26)18-4-2-16(23-24-18)14-5-8-21-9-6-14/h1-6,8-9,12,15H,7,10-11H2/t15-/m0/s1/i8D,9D. The molecular weight excluding hydrogens is 350 g/mol. The van der Waals surface area contributed by atoms with Crippen LogP contribution in [0, 0.1) is 5.92 Å². The zero-order valence-corrected chi connectivity index (χ0v) is 14.5. The van der Waals surface area contributed by atoms with Crippen molar-refractivity contribution >= 4 is 23.3 Å². The van der Waals surface area contributed by atoms with E-state index in [0.29, 0.717) is 35.2 Å². The van der Waals surface area contributed by atoms with Crippen molar-refractivity contribution < 1.29 is 7.54 Å². The van der Waals surface area contributed by atoms with Gasteiger partial charge in [-0.05, 0) is 48.7 Å². The van der Waals surface area contributed by atoms with Crippen LogP contribution in [-0.4, -0.2) is 32.6 Å². The number of carbonyl (C=O) groups excluding carboxylic acids is 1. The highest BCUT2D eigenvalue weighted by molar-refractivity contribution is 6.29. The first-order valence-corrected chi connectivity index (χ1v) is 8.58. The smallest absolute Gasteiger partial charge is 0.231 e. The van der Waals surface area contributed by atoms with Crippen molar-refractivity contribution in [3.05, 3.63) is 65.7 Å². The van der Waals surface area contributed by atoms with E-state index >= 15 is 0 Å². The van der Waals surface area contributed by atoms with Crippen LogP contribution in [-0.2, 0) is 11.2 Å². The van der Waals surface area contributed by atoms with E-state index in [0.717, 1.165) is 12.0 Å². The average Bonchev–Trinajstić information content (AvgIpc) is 3.03. The van der Waals surface area contributed by atoms with Crippen molar-refractivity contribution in [2.45, 2.75) is 12.8 Å². The molecule has 1 aliphatic rings. The summed E-state index contributed by atoms with van der Waals surface area (Å²) in [5.41, 5.74) is 2.11. The number of anilines is 1. The summed E-state index contributed by atoms with van der Waals surface area (Å²) >= 11 is 5.81. The van der Waals surface area contributed by atoms with Gasteiger partial charge < -0.3 is 0 Å². The predicted molar refractivity (Wildman–Crippen MR) is 98.7 cm³/mol. The minimum Gasteiger partial charge on any atom is -0.295 e. The number of hydrogen-bond acceptors (Lipinski definition) is 5. The fourth-order valence-electron chi connectivity index (χ4n) is 3.02. The first kappa shape index (κ1) is 14.3. The van der Waals surface area contributed by atoms with Crippen molar-refractivity contribution in [1.29, 1.82) is 0 Å². The van der Waals surface area contributed by atoms with Gasteiger partial charge in [0.05, 0.1) is 8.44 Å². The third kappa shape index (κ3) is 3.41. The number of aromatic nitrogens is 4. The molecule has 3 aromatic rings. The number of halogens is 1. The van der Waals surface area contributed by atoms with E-state index < -0.39 is 0 Å². The summed E-state index contributed by atoms with van der Waals surface area (Å²) in [6.45, 7) is 0.585. The Morgan fingerprint density at radius 2 is 2.00 bits per heavy atom. The molecule has 4 rings (SSSR count). The lowest BCUT2D eigenvalue weighted by atomic mass is 9.99. The molecule has 6 nitrogen and oxygen atoms in total. The second-order valence-corrected chi connectivity index (χ2v) is 6.45. The molecule has 0 spiro atoms. The highest BCUT2D eigenvalue weighted by Gasteiger charge is 2.33. The van der Waals surface area contributed by atoms with Gasteiger partial charge in [0.15, 0.2) is 5.82 Å². The molecule has 1 amide bonds. The first-order valence-electron chi connectivity index (χ1n) is 9.21. The molecule has 0 aromatic carbocycles. The number of nitrogens with zero attached hydrogens (tertiary/aromatic N) is 5. The highest BCUT2D eigenvalue weighted by Crippen LogP contribution is 2.27. The lowest BCUT2D eigenvalue weighted by molar-refractivity contribution is -0.120. The van der Waals surface area contributed by atoms with Gasteiger partial charge in [-0.1, -0.05) is 17.7 Å². The third-order valence-corrected chi connectivity index (χ3v) is 4.60. The molecule has 7 heteroatoms. The molecule has 0 radical (unpaired) electrons. The van der Waals surface area contributed by atoms with Crippen LogP contribution in [0.4, 0.5) is 5.82 Å². The molecule has 26 heavy (non-hydrogen) atoms. The zero-order chi connectivity index (χ0) is 19.7. The van der Waals surface area contributed by atoms with Gasteiger partial charge in [-0.3, -0.25) is 14.7 Å². The molecule has 4 heterocycles. The Kier molecular flexibility index (Phi) is 3.95. The van der Waals surface area contributed by atoms with Crippen LogP contribution in [0.2, 0.25) is 5.15 Å². The zero-order valence-electron chi connectivity index (χ0n) is 15.8. The SMILES string of the molecule is [2H]c1cc(-c2ccc(N3CC[C@@H](Cc4ccc(Cl)nc4)C3=O)nn2)cc([2H])n1. The summed E-state index contributed by atoms with van der Waals surface area (Å²) < 4.78 is 15.2. The van der Waals surface area contributed by atoms with Crippen molar-refractivity contribution in [2.24, 2.45) is 5.92 Å². The number of carbonyl (C=O) groups is 1. The molecule has 3 aromatic heterocycles. The monoisotopic (exact) mass is 367 g/mol. The van der Waals surface area contributed by atoms with E-state index in [4.69, 9.17) is 14.3 Å². The van der Waals surface area contributed by atoms with Gasteiger partial charge >= 0.3 is 0 Å². The Morgan fingerprint density at radius 1 is 1.15 bits per heavy atom. The van der Waals surface area contributed by atoms with E-state index in [2.05, 4.69) is 20.2 Å². The van der Waals surface area contributed by atoms with Crippen molar-refractivity contribution in [3.63, 3.8) is 0 Å². The normalized spacial score (nSPS) is 18.0. The number of rotatable bonds is 4. The van der Waals surface area contributed by atoms with E-state index in [9.17, 15) is 4.79 Å². The Bertz CT molecular complexity index is 994. The minimum absolute atomic E-state index is 0.00243. The summed E-state index contributed by atoms with van der Waals surface area (Å²) in [5.74, 6) is 0.390. The molecule has 1 fully saturated rings. The van der Waals surface area contributed by atoms with Crippen LogP contribution >= 0.6 is 11.6 Å². The molecule has 0 aliphatic carbocycles.